The molecule has 0 saturated heterocycles. The van der Waals surface area contributed by atoms with Crippen molar-refractivity contribution in [2.45, 2.75) is 25.4 Å². The second-order valence-electron chi connectivity index (χ2n) is 4.99. The van der Waals surface area contributed by atoms with E-state index in [2.05, 4.69) is 0 Å². The number of benzene rings is 1. The SMILES string of the molecule is CCOC(N)=CC(=O)SCc1ccc(CSC(=O)C=C(N)OCC)cc1. The third kappa shape index (κ3) is 9.43. The Morgan fingerprint density at radius 3 is 1.50 bits per heavy atom. The summed E-state index contributed by atoms with van der Waals surface area (Å²) in [5.41, 5.74) is 13.1. The Hall–Kier alpha value is -2.06. The number of carbonyl (C=O) groups is 2. The van der Waals surface area contributed by atoms with Crippen LogP contribution in [-0.2, 0) is 30.6 Å². The predicted octanol–water partition coefficient (Wildman–Crippen LogP) is 2.88. The second-order valence-corrected chi connectivity index (χ2v) is 6.95. The van der Waals surface area contributed by atoms with Crippen LogP contribution in [0.3, 0.4) is 0 Å². The van der Waals surface area contributed by atoms with Crippen LogP contribution >= 0.6 is 23.5 Å². The molecule has 0 atom stereocenters. The molecule has 1 aromatic carbocycles. The van der Waals surface area contributed by atoms with Gasteiger partial charge in [-0.2, -0.15) is 0 Å². The molecule has 0 heterocycles. The number of hydrogen-bond donors (Lipinski definition) is 2. The number of nitrogens with two attached hydrogens (primary N) is 2. The molecular formula is C18H24N2O4S2. The van der Waals surface area contributed by atoms with E-state index in [9.17, 15) is 9.59 Å². The van der Waals surface area contributed by atoms with Crippen molar-refractivity contribution >= 4 is 33.8 Å². The summed E-state index contributed by atoms with van der Waals surface area (Å²) in [6, 6.07) is 7.72. The van der Waals surface area contributed by atoms with Gasteiger partial charge in [-0.15, -0.1) is 0 Å². The maximum absolute atomic E-state index is 11.7. The van der Waals surface area contributed by atoms with Crippen LogP contribution in [0.15, 0.2) is 48.2 Å². The van der Waals surface area contributed by atoms with Gasteiger partial charge in [0.15, 0.2) is 11.8 Å². The van der Waals surface area contributed by atoms with Gasteiger partial charge in [0.1, 0.15) is 0 Å². The van der Waals surface area contributed by atoms with Crippen LogP contribution in [0.2, 0.25) is 0 Å². The predicted molar refractivity (Wildman–Crippen MR) is 107 cm³/mol. The first-order valence-electron chi connectivity index (χ1n) is 8.05. The van der Waals surface area contributed by atoms with Crippen LogP contribution in [0, 0.1) is 0 Å². The molecule has 0 aliphatic carbocycles. The number of carbonyl (C=O) groups excluding carboxylic acids is 2. The molecule has 26 heavy (non-hydrogen) atoms. The monoisotopic (exact) mass is 396 g/mol. The van der Waals surface area contributed by atoms with Gasteiger partial charge in [0.2, 0.25) is 10.2 Å². The van der Waals surface area contributed by atoms with Crippen molar-refractivity contribution in [3.63, 3.8) is 0 Å². The van der Waals surface area contributed by atoms with Crippen LogP contribution in [-0.4, -0.2) is 23.4 Å². The Morgan fingerprint density at radius 1 is 0.846 bits per heavy atom. The Morgan fingerprint density at radius 2 is 1.19 bits per heavy atom. The molecule has 0 bridgehead atoms. The van der Waals surface area contributed by atoms with Crippen LogP contribution in [0.25, 0.3) is 0 Å². The van der Waals surface area contributed by atoms with Gasteiger partial charge in [-0.1, -0.05) is 47.8 Å². The van der Waals surface area contributed by atoms with Crippen molar-refractivity contribution in [1.29, 1.82) is 0 Å². The minimum Gasteiger partial charge on any atom is -0.480 e. The summed E-state index contributed by atoms with van der Waals surface area (Å²) < 4.78 is 10.0. The van der Waals surface area contributed by atoms with Crippen LogP contribution in [0.4, 0.5) is 0 Å². The fraction of sp³-hybridized carbons (Fsp3) is 0.333. The molecule has 4 N–H and O–H groups in total. The van der Waals surface area contributed by atoms with Crippen molar-refractivity contribution in [2.24, 2.45) is 11.5 Å². The van der Waals surface area contributed by atoms with E-state index in [0.717, 1.165) is 34.7 Å². The topological polar surface area (TPSA) is 105 Å². The van der Waals surface area contributed by atoms with E-state index in [1.165, 1.54) is 12.2 Å². The lowest BCUT2D eigenvalue weighted by Gasteiger charge is -2.04. The number of ether oxygens (including phenoxy) is 2. The van der Waals surface area contributed by atoms with Crippen molar-refractivity contribution in [3.05, 3.63) is 59.3 Å². The highest BCUT2D eigenvalue weighted by Gasteiger charge is 2.05. The van der Waals surface area contributed by atoms with Crippen LogP contribution in [0.1, 0.15) is 25.0 Å². The quantitative estimate of drug-likeness (QED) is 0.459. The Labute approximate surface area is 162 Å². The summed E-state index contributed by atoms with van der Waals surface area (Å²) in [5.74, 6) is 1.32. The van der Waals surface area contributed by atoms with E-state index in [-0.39, 0.29) is 22.0 Å². The van der Waals surface area contributed by atoms with Crippen molar-refractivity contribution < 1.29 is 19.1 Å². The Balaban J connectivity index is 2.44. The first kappa shape index (κ1) is 22.0. The molecule has 8 heteroatoms. The Bertz CT molecular complexity index is 601. The average Bonchev–Trinajstić information content (AvgIpc) is 2.59. The van der Waals surface area contributed by atoms with E-state index in [0.29, 0.717) is 24.7 Å². The zero-order chi connectivity index (χ0) is 19.4. The van der Waals surface area contributed by atoms with E-state index in [1.807, 2.05) is 24.3 Å². The van der Waals surface area contributed by atoms with Gasteiger partial charge in [-0.05, 0) is 25.0 Å². The number of hydrogen-bond acceptors (Lipinski definition) is 8. The van der Waals surface area contributed by atoms with Gasteiger partial charge < -0.3 is 20.9 Å². The summed E-state index contributed by atoms with van der Waals surface area (Å²) >= 11 is 2.30. The molecule has 0 aliphatic rings. The molecular weight excluding hydrogens is 372 g/mol. The van der Waals surface area contributed by atoms with Crippen molar-refractivity contribution in [1.82, 2.24) is 0 Å². The lowest BCUT2D eigenvalue weighted by Crippen LogP contribution is -2.04. The highest BCUT2D eigenvalue weighted by Crippen LogP contribution is 2.18. The minimum absolute atomic E-state index is 0.126. The molecule has 0 aliphatic heterocycles. The zero-order valence-corrected chi connectivity index (χ0v) is 16.5. The fourth-order valence-electron chi connectivity index (χ4n) is 1.77. The molecule has 0 radical (unpaired) electrons. The third-order valence-corrected chi connectivity index (χ3v) is 4.69. The standard InChI is InChI=1S/C18H24N2O4S2/c1-3-23-15(19)9-17(21)25-11-13-5-7-14(8-6-13)12-26-18(22)10-16(20)24-4-2/h5-10H,3-4,11-12,19-20H2,1-2H3. The van der Waals surface area contributed by atoms with Crippen molar-refractivity contribution in [2.75, 3.05) is 13.2 Å². The van der Waals surface area contributed by atoms with Gasteiger partial charge in [0.05, 0.1) is 25.4 Å². The van der Waals surface area contributed by atoms with E-state index < -0.39 is 0 Å². The summed E-state index contributed by atoms with van der Waals surface area (Å²) in [7, 11) is 0. The number of thioether (sulfide) groups is 2. The fourth-order valence-corrected chi connectivity index (χ4v) is 3.17. The first-order chi connectivity index (χ1) is 12.4. The summed E-state index contributed by atoms with van der Waals surface area (Å²) in [5, 5.41) is -0.306. The smallest absolute Gasteiger partial charge is 0.217 e. The highest BCUT2D eigenvalue weighted by molar-refractivity contribution is 8.13. The third-order valence-electron chi connectivity index (χ3n) is 2.93. The summed E-state index contributed by atoms with van der Waals surface area (Å²) in [6.45, 7) is 4.46. The van der Waals surface area contributed by atoms with Crippen molar-refractivity contribution in [3.8, 4) is 0 Å². The molecule has 1 rings (SSSR count). The summed E-state index contributed by atoms with van der Waals surface area (Å²) in [4.78, 5) is 23.5. The molecule has 0 amide bonds. The van der Waals surface area contributed by atoms with Gasteiger partial charge in [0, 0.05) is 11.5 Å². The van der Waals surface area contributed by atoms with Gasteiger partial charge in [-0.25, -0.2) is 0 Å². The summed E-state index contributed by atoms with van der Waals surface area (Å²) in [6.07, 6.45) is 2.57. The minimum atomic E-state index is -0.153. The van der Waals surface area contributed by atoms with Gasteiger partial charge >= 0.3 is 0 Å². The first-order valence-corrected chi connectivity index (χ1v) is 10.0. The molecule has 0 saturated carbocycles. The lowest BCUT2D eigenvalue weighted by molar-refractivity contribution is -0.108. The molecule has 0 fully saturated rings. The maximum atomic E-state index is 11.7. The van der Waals surface area contributed by atoms with Crippen LogP contribution in [0.5, 0.6) is 0 Å². The van der Waals surface area contributed by atoms with Gasteiger partial charge in [-0.3, -0.25) is 9.59 Å². The van der Waals surface area contributed by atoms with E-state index in [1.54, 1.807) is 13.8 Å². The van der Waals surface area contributed by atoms with Crippen LogP contribution < -0.4 is 11.5 Å². The molecule has 142 valence electrons. The van der Waals surface area contributed by atoms with Gasteiger partial charge in [0.25, 0.3) is 0 Å². The molecule has 0 aromatic heterocycles. The number of rotatable bonds is 10. The zero-order valence-electron chi connectivity index (χ0n) is 14.9. The van der Waals surface area contributed by atoms with E-state index in [4.69, 9.17) is 20.9 Å². The lowest BCUT2D eigenvalue weighted by atomic mass is 10.2. The molecule has 1 aromatic rings. The second kappa shape index (κ2) is 12.3. The largest absolute Gasteiger partial charge is 0.480 e. The Kier molecular flexibility index (Phi) is 10.4. The average molecular weight is 397 g/mol. The highest BCUT2D eigenvalue weighted by atomic mass is 32.2. The molecule has 6 nitrogen and oxygen atoms in total. The molecule has 0 unspecified atom stereocenters. The van der Waals surface area contributed by atoms with E-state index >= 15 is 0 Å². The normalized spacial score (nSPS) is 11.9. The molecule has 0 spiro atoms. The maximum Gasteiger partial charge on any atom is 0.217 e.